The van der Waals surface area contributed by atoms with E-state index >= 15 is 8.78 Å². The van der Waals surface area contributed by atoms with Gasteiger partial charge in [-0.05, 0) is 184 Å². The molecule has 0 spiro atoms. The fourth-order valence-electron chi connectivity index (χ4n) is 12.8. The topological polar surface area (TPSA) is 295 Å². The fraction of sp³-hybridized carbons (Fsp3) is 0.240. The number of ether oxygens (including phenoxy) is 4. The molecule has 0 atom stereocenters. The number of nitrogens with one attached hydrogen (secondary N) is 1. The molecular weight excluding hydrogens is 2120 g/mol. The predicted octanol–water partition coefficient (Wildman–Crippen LogP) is 21.2. The van der Waals surface area contributed by atoms with Gasteiger partial charge in [0, 0.05) is 138 Å². The molecule has 0 bridgehead atoms. The predicted molar refractivity (Wildman–Crippen MR) is 546 cm³/mol. The average molecular weight is 2220 g/mol. The van der Waals surface area contributed by atoms with Gasteiger partial charge < -0.3 is 67.6 Å². The molecule has 43 heteroatoms. The quantitative estimate of drug-likeness (QED) is 0.00931. The first-order valence-electron chi connectivity index (χ1n) is 41.4. The summed E-state index contributed by atoms with van der Waals surface area (Å²) in [6, 6.07) is 41.9. The number of benzene rings is 8. The van der Waals surface area contributed by atoms with Crippen LogP contribution in [0.1, 0.15) is 125 Å². The Kier molecular flexibility index (Phi) is 57.9. The van der Waals surface area contributed by atoms with Gasteiger partial charge in [-0.25, -0.2) is 31.9 Å². The number of nitrogens with zero attached hydrogens (tertiary/aromatic N) is 12. The van der Waals surface area contributed by atoms with Crippen LogP contribution in [0.5, 0.6) is 0 Å². The minimum atomic E-state index is -0.987. The van der Waals surface area contributed by atoms with E-state index in [2.05, 4.69) is 94.8 Å². The molecule has 0 unspecified atom stereocenters. The number of carbonyl (C=O) groups excluding carboxylic acids is 3. The Labute approximate surface area is 895 Å². The van der Waals surface area contributed by atoms with Gasteiger partial charge in [0.1, 0.15) is 5.15 Å². The minimum absolute atomic E-state index is 0. The third kappa shape index (κ3) is 35.0. The second-order valence-corrected chi connectivity index (χ2v) is 34.1. The first-order valence-corrected chi connectivity index (χ1v) is 46.5. The maximum Gasteiger partial charge on any atom is 2.00 e. The summed E-state index contributed by atoms with van der Waals surface area (Å²) in [7, 11) is 0. The van der Waals surface area contributed by atoms with Gasteiger partial charge in [-0.15, -0.1) is 12.6 Å². The molecule has 0 aliphatic carbocycles. The molecule has 16 aromatic rings. The van der Waals surface area contributed by atoms with E-state index < -0.39 is 39.8 Å². The number of fused-ring (bicyclic) bond motifs is 4. The van der Waals surface area contributed by atoms with E-state index in [9.17, 15) is 37.7 Å². The van der Waals surface area contributed by atoms with Crippen LogP contribution < -0.4 is 35.8 Å². The van der Waals surface area contributed by atoms with Crippen LogP contribution in [0.3, 0.4) is 0 Å². The summed E-state index contributed by atoms with van der Waals surface area (Å²) in [5.41, 5.74) is 4.73. The number of esters is 3. The SMILES string of the molecule is C.C1CCOC1.CCCn1cc(-n2c(Cl)c(Sc3cccc(C(=O)OCC)c3)c3ccc(Cl)c(F)c32)cn1.CCCn1cc(-n2cc(Sc3cccc(C(=O)OCC)c3)c3ccc(Cl)c(F)c32)cn1.CCCn1cc(-n2ccc3ccc(Cl)c(F)c32)cn1.CCCn1cc(Br)cn1.CCOC(=O)c1cccc(S)c1.Fc1c(Cl)ccc2cc[nH]c12.O.O=[N+]([O-])c1cccc(Cl)c1F.[B].[Br-].[CH-]=C.[Li+].[Mg+2].[OH-]. The largest absolute Gasteiger partial charge is 2.00 e. The van der Waals surface area contributed by atoms with Crippen LogP contribution in [0.4, 0.5) is 27.6 Å². The normalized spacial score (nSPS) is 10.6. The Morgan fingerprint density at radius 3 is 1.43 bits per heavy atom. The van der Waals surface area contributed by atoms with Crippen molar-refractivity contribution in [1.29, 1.82) is 0 Å². The van der Waals surface area contributed by atoms with Crippen molar-refractivity contribution >= 4 is 220 Å². The van der Waals surface area contributed by atoms with Crippen LogP contribution in [0.2, 0.25) is 30.3 Å². The molecule has 139 heavy (non-hydrogen) atoms. The number of aromatic amines is 1. The molecule has 3 radical (unpaired) electrons. The molecule has 24 nitrogen and oxygen atoms in total. The molecule has 4 N–H and O–H groups in total. The van der Waals surface area contributed by atoms with Gasteiger partial charge in [0.15, 0.2) is 23.3 Å². The van der Waals surface area contributed by atoms with Gasteiger partial charge in [-0.2, -0.15) is 24.8 Å². The van der Waals surface area contributed by atoms with Gasteiger partial charge in [-0.1, -0.05) is 165 Å². The molecule has 1 saturated heterocycles. The molecule has 729 valence electrons. The molecule has 8 aromatic carbocycles. The number of hydrogen-bond acceptors (Lipinski definition) is 17. The summed E-state index contributed by atoms with van der Waals surface area (Å²) < 4.78 is 104. The zero-order valence-electron chi connectivity index (χ0n) is 76.1. The van der Waals surface area contributed by atoms with Crippen LogP contribution in [-0.2, 0) is 45.1 Å². The Balaban J connectivity index is 0.000000562. The number of halogens is 13. The zero-order chi connectivity index (χ0) is 95.7. The molecule has 9 heterocycles. The van der Waals surface area contributed by atoms with Gasteiger partial charge in [0.2, 0.25) is 5.82 Å². The number of carbonyl (C=O) groups is 3. The molecule has 1 fully saturated rings. The van der Waals surface area contributed by atoms with Gasteiger partial charge in [0.25, 0.3) is 0 Å². The minimum Gasteiger partial charge on any atom is -1.00 e. The Morgan fingerprint density at radius 1 is 0.532 bits per heavy atom. The Hall–Kier alpha value is -8.98. The standard InChI is InChI=1S/C23H20Cl2FN3O2S.C23H21ClFN3O2S.C14H13ClFN3.C9H10O2S.C8H5ClFN.C6H9BrN2.C6H3ClFNO2.C4H8O.C2H3.CH4.B.BrH.Li.Mg.2H2O/c1-3-10-28-13-15(12-27-28)29-20-17(8-9-18(24)19(20)26)21(22(29)25)32-16-7-5-6-14(11-16)23(30)31-4-2;1-3-10-27-13-16(12-26-27)28-14-20(18-8-9-19(24)21(25)22(18)28)31-17-7-5-6-15(11-17)23(29)30-4-2;1-2-6-18-9-11(8-17-18)19-7-5-10-3-4-12(15)13(16)14(10)19;1-2-11-9(10)7-4-3-5-8(12)6-7;9-6-2-1-5-3-4-11-8(5)7(6)10;1-2-3-9-5-6(7)4-8-9;7-4-2-1-3-5(6(4)8)9(10)11;1-2-4-5-3-1;1-2;;;;;;;/h5-9,11-13H,3-4,10H2,1-2H3;5-9,11-14H,3-4,10H2,1-2H3;3-5,7-9H,2,6H2,1H3;3-6,12H,2H2,1H3;1-4,11H;4-5H,2-3H2,1H3;1-3H;1-4H2;1H,2H2;1H4;;1H;;;2*1H2/q;;;;;;;;-1;;;;+1;+2;;/p-2. The van der Waals surface area contributed by atoms with Crippen molar-refractivity contribution in [2.75, 3.05) is 33.0 Å². The van der Waals surface area contributed by atoms with E-state index in [1.165, 1.54) is 54.6 Å². The summed E-state index contributed by atoms with van der Waals surface area (Å²) in [5, 5.41) is 30.6. The number of H-pyrrole nitrogens is 1. The molecule has 0 amide bonds. The van der Waals surface area contributed by atoms with Crippen molar-refractivity contribution in [2.45, 2.75) is 145 Å². The van der Waals surface area contributed by atoms with Crippen LogP contribution in [-0.4, -0.2) is 156 Å². The summed E-state index contributed by atoms with van der Waals surface area (Å²) in [4.78, 5) is 51.3. The van der Waals surface area contributed by atoms with Crippen molar-refractivity contribution in [2.24, 2.45) is 0 Å². The van der Waals surface area contributed by atoms with Crippen LogP contribution >= 0.6 is 122 Å². The summed E-state index contributed by atoms with van der Waals surface area (Å²) >= 11 is 45.9. The van der Waals surface area contributed by atoms with Crippen LogP contribution in [0.15, 0.2) is 255 Å². The van der Waals surface area contributed by atoms with Crippen LogP contribution in [0, 0.1) is 45.8 Å². The maximum absolute atomic E-state index is 15.2. The zero-order valence-corrected chi connectivity index (χ0v) is 87.8. The monoisotopic (exact) mass is 2210 g/mol. The van der Waals surface area contributed by atoms with Crippen molar-refractivity contribution in [3.63, 3.8) is 0 Å². The van der Waals surface area contributed by atoms with E-state index in [1.54, 1.807) is 161 Å². The third-order valence-electron chi connectivity index (χ3n) is 18.6. The molecule has 8 aromatic heterocycles. The summed E-state index contributed by atoms with van der Waals surface area (Å²) in [6.07, 6.45) is 26.4. The van der Waals surface area contributed by atoms with Gasteiger partial charge in [-0.3, -0.25) is 40.0 Å². The van der Waals surface area contributed by atoms with E-state index in [4.69, 9.17) is 88.6 Å². The van der Waals surface area contributed by atoms with Gasteiger partial charge >= 0.3 is 65.5 Å². The van der Waals surface area contributed by atoms with E-state index in [0.717, 1.165) is 123 Å². The molecule has 0 saturated carbocycles. The molecule has 1 aliphatic heterocycles. The number of hydrogen-bond donors (Lipinski definition) is 2. The number of aryl methyl sites for hydroxylation is 4. The average Bonchev–Trinajstić information content (AvgIpc) is 1.58. The molecule has 17 rings (SSSR count). The number of aromatic nitrogens is 12. The Bertz CT molecular complexity index is 6590. The van der Waals surface area contributed by atoms with Crippen molar-refractivity contribution in [3.05, 3.63) is 324 Å². The fourth-order valence-corrected chi connectivity index (χ4v) is 16.5. The number of thiol groups is 1. The number of nitro benzene ring substituents is 1. The first kappa shape index (κ1) is 126. The smallest absolute Gasteiger partial charge is 1.00 e. The van der Waals surface area contributed by atoms with E-state index in [-0.39, 0.29) is 134 Å². The van der Waals surface area contributed by atoms with E-state index in [1.807, 2.05) is 87.6 Å². The van der Waals surface area contributed by atoms with Crippen molar-refractivity contribution < 1.29 is 107 Å². The molecular formula is C96H99BBr2Cl6F5LiMgN13O11S3. The third-order valence-corrected chi connectivity index (χ3v) is 23.4. The number of rotatable bonds is 22. The Morgan fingerprint density at radius 2 is 0.957 bits per heavy atom. The first-order chi connectivity index (χ1) is 63.6. The maximum atomic E-state index is 15.2. The van der Waals surface area contributed by atoms with Gasteiger partial charge in [0.05, 0.1) is 140 Å². The summed E-state index contributed by atoms with van der Waals surface area (Å²) in [6.45, 7) is 27.0. The second-order valence-electron chi connectivity index (χ2n) is 28.0. The number of nitro groups is 1. The van der Waals surface area contributed by atoms with E-state index in [0.29, 0.717) is 74.2 Å². The van der Waals surface area contributed by atoms with Crippen molar-refractivity contribution in [3.8, 4) is 17.1 Å². The molecule has 1 aliphatic rings. The van der Waals surface area contributed by atoms with Crippen LogP contribution in [0.25, 0.3) is 60.7 Å². The second kappa shape index (κ2) is 63.8. The summed E-state index contributed by atoms with van der Waals surface area (Å²) in [5.74, 6) is -3.86. The van der Waals surface area contributed by atoms with Crippen molar-refractivity contribution in [1.82, 2.24) is 57.8 Å².